The van der Waals surface area contributed by atoms with Gasteiger partial charge in [-0.15, -0.1) is 0 Å². The Morgan fingerprint density at radius 2 is 1.87 bits per heavy atom. The summed E-state index contributed by atoms with van der Waals surface area (Å²) in [6.07, 6.45) is 1.58. The number of hydrogen-bond donors (Lipinski definition) is 2. The summed E-state index contributed by atoms with van der Waals surface area (Å²) in [5.74, 6) is 1.41. The number of carbonyl (C=O) groups excluding carboxylic acids is 1. The number of fused-ring (bicyclic) bond motifs is 1. The summed E-state index contributed by atoms with van der Waals surface area (Å²) in [6.45, 7) is 4.10. The molecule has 0 unspecified atom stereocenters. The number of urea groups is 1. The quantitative estimate of drug-likeness (QED) is 0.675. The number of para-hydroxylation sites is 1. The average molecular weight is 311 g/mol. The number of hydrazone groups is 1. The Morgan fingerprint density at radius 1 is 1.13 bits per heavy atom. The second-order valence-corrected chi connectivity index (χ2v) is 5.20. The Labute approximate surface area is 134 Å². The third kappa shape index (κ3) is 3.42. The number of carbonyl (C=O) groups is 1. The second kappa shape index (κ2) is 6.39. The summed E-state index contributed by atoms with van der Waals surface area (Å²) in [4.78, 5) is 11.8. The number of ether oxygens (including phenoxy) is 2. The van der Waals surface area contributed by atoms with E-state index < -0.39 is 6.03 Å². The molecule has 0 aromatic heterocycles. The van der Waals surface area contributed by atoms with Crippen molar-refractivity contribution in [2.45, 2.75) is 13.8 Å². The van der Waals surface area contributed by atoms with Gasteiger partial charge in [0.1, 0.15) is 0 Å². The van der Waals surface area contributed by atoms with Gasteiger partial charge in [-0.25, -0.2) is 10.2 Å². The largest absolute Gasteiger partial charge is 0.454 e. The first kappa shape index (κ1) is 14.9. The highest BCUT2D eigenvalue weighted by atomic mass is 16.7. The molecule has 1 aliphatic heterocycles. The molecule has 0 atom stereocenters. The SMILES string of the molecule is Cc1cc2c(cc1C=NNC(=O)Nc1ccccc1C)OCO2. The van der Waals surface area contributed by atoms with Crippen LogP contribution < -0.4 is 20.2 Å². The van der Waals surface area contributed by atoms with Crippen molar-refractivity contribution < 1.29 is 14.3 Å². The van der Waals surface area contributed by atoms with Gasteiger partial charge in [-0.1, -0.05) is 18.2 Å². The fourth-order valence-electron chi connectivity index (χ4n) is 2.22. The highest BCUT2D eigenvalue weighted by molar-refractivity contribution is 5.91. The predicted octanol–water partition coefficient (Wildman–Crippen LogP) is 3.19. The molecule has 2 aromatic rings. The van der Waals surface area contributed by atoms with E-state index in [9.17, 15) is 4.79 Å². The molecule has 6 nitrogen and oxygen atoms in total. The van der Waals surface area contributed by atoms with Gasteiger partial charge in [0.2, 0.25) is 6.79 Å². The minimum absolute atomic E-state index is 0.229. The maximum atomic E-state index is 11.8. The van der Waals surface area contributed by atoms with E-state index in [1.807, 2.05) is 50.2 Å². The first-order valence-corrected chi connectivity index (χ1v) is 7.19. The van der Waals surface area contributed by atoms with Crippen LogP contribution in [0.1, 0.15) is 16.7 Å². The summed E-state index contributed by atoms with van der Waals surface area (Å²) >= 11 is 0. The molecule has 0 radical (unpaired) electrons. The van der Waals surface area contributed by atoms with Crippen molar-refractivity contribution in [3.05, 3.63) is 53.1 Å². The highest BCUT2D eigenvalue weighted by Crippen LogP contribution is 2.33. The number of hydrogen-bond acceptors (Lipinski definition) is 4. The molecule has 0 saturated heterocycles. The van der Waals surface area contributed by atoms with Crippen molar-refractivity contribution >= 4 is 17.9 Å². The van der Waals surface area contributed by atoms with Crippen LogP contribution in [0.15, 0.2) is 41.5 Å². The second-order valence-electron chi connectivity index (χ2n) is 5.20. The molecule has 118 valence electrons. The van der Waals surface area contributed by atoms with Gasteiger partial charge in [-0.2, -0.15) is 5.10 Å². The summed E-state index contributed by atoms with van der Waals surface area (Å²) in [6, 6.07) is 10.9. The van der Waals surface area contributed by atoms with Crippen molar-refractivity contribution in [1.82, 2.24) is 5.43 Å². The fourth-order valence-corrected chi connectivity index (χ4v) is 2.22. The van der Waals surface area contributed by atoms with Crippen molar-refractivity contribution in [2.24, 2.45) is 5.10 Å². The fraction of sp³-hybridized carbons (Fsp3) is 0.176. The Kier molecular flexibility index (Phi) is 4.14. The summed E-state index contributed by atoms with van der Waals surface area (Å²) in [5.41, 5.74) is 6.02. The average Bonchev–Trinajstić information content (AvgIpc) is 2.97. The van der Waals surface area contributed by atoms with E-state index in [-0.39, 0.29) is 6.79 Å². The third-order valence-corrected chi connectivity index (χ3v) is 3.52. The molecule has 2 aromatic carbocycles. The van der Waals surface area contributed by atoms with Gasteiger partial charge < -0.3 is 14.8 Å². The van der Waals surface area contributed by atoms with Gasteiger partial charge in [0.25, 0.3) is 0 Å². The van der Waals surface area contributed by atoms with E-state index >= 15 is 0 Å². The lowest BCUT2D eigenvalue weighted by atomic mass is 10.1. The highest BCUT2D eigenvalue weighted by Gasteiger charge is 2.14. The van der Waals surface area contributed by atoms with Gasteiger partial charge in [-0.05, 0) is 43.2 Å². The summed E-state index contributed by atoms with van der Waals surface area (Å²) in [7, 11) is 0. The number of benzene rings is 2. The van der Waals surface area contributed by atoms with Crippen LogP contribution in [0.4, 0.5) is 10.5 Å². The number of nitrogens with one attached hydrogen (secondary N) is 2. The molecule has 0 saturated carbocycles. The van der Waals surface area contributed by atoms with Crippen LogP contribution in [0.2, 0.25) is 0 Å². The van der Waals surface area contributed by atoms with E-state index in [2.05, 4.69) is 15.8 Å². The normalized spacial score (nSPS) is 12.4. The van der Waals surface area contributed by atoms with E-state index in [0.29, 0.717) is 5.75 Å². The number of anilines is 1. The first-order chi connectivity index (χ1) is 11.1. The monoisotopic (exact) mass is 311 g/mol. The predicted molar refractivity (Wildman–Crippen MR) is 88.2 cm³/mol. The van der Waals surface area contributed by atoms with Gasteiger partial charge in [0.15, 0.2) is 11.5 Å². The van der Waals surface area contributed by atoms with Crippen molar-refractivity contribution in [3.63, 3.8) is 0 Å². The molecule has 23 heavy (non-hydrogen) atoms. The maximum Gasteiger partial charge on any atom is 0.339 e. The van der Waals surface area contributed by atoms with E-state index in [1.165, 1.54) is 0 Å². The smallest absolute Gasteiger partial charge is 0.339 e. The van der Waals surface area contributed by atoms with Crippen LogP contribution in [0.25, 0.3) is 0 Å². The van der Waals surface area contributed by atoms with Crippen LogP contribution in [-0.2, 0) is 0 Å². The van der Waals surface area contributed by atoms with E-state index in [0.717, 1.165) is 28.1 Å². The number of nitrogens with zero attached hydrogens (tertiary/aromatic N) is 1. The van der Waals surface area contributed by atoms with Crippen LogP contribution >= 0.6 is 0 Å². The molecular weight excluding hydrogens is 294 g/mol. The zero-order chi connectivity index (χ0) is 16.2. The lowest BCUT2D eigenvalue weighted by molar-refractivity contribution is 0.174. The molecule has 3 rings (SSSR count). The molecule has 0 fully saturated rings. The minimum Gasteiger partial charge on any atom is -0.454 e. The van der Waals surface area contributed by atoms with Crippen LogP contribution in [0.3, 0.4) is 0 Å². The molecule has 0 bridgehead atoms. The standard InChI is InChI=1S/C17H17N3O3/c1-11-5-3-4-6-14(11)19-17(21)20-18-9-13-8-16-15(7-12(13)2)22-10-23-16/h3-9H,10H2,1-2H3,(H2,19,20,21). The Morgan fingerprint density at radius 3 is 2.65 bits per heavy atom. The molecule has 6 heteroatoms. The lowest BCUT2D eigenvalue weighted by Crippen LogP contribution is -2.24. The third-order valence-electron chi connectivity index (χ3n) is 3.52. The van der Waals surface area contributed by atoms with Gasteiger partial charge in [-0.3, -0.25) is 0 Å². The molecular formula is C17H17N3O3. The maximum absolute atomic E-state index is 11.8. The topological polar surface area (TPSA) is 72.0 Å². The van der Waals surface area contributed by atoms with Crippen LogP contribution in [-0.4, -0.2) is 19.0 Å². The van der Waals surface area contributed by atoms with Crippen LogP contribution in [0.5, 0.6) is 11.5 Å². The van der Waals surface area contributed by atoms with Gasteiger partial charge in [0, 0.05) is 11.3 Å². The number of aryl methyl sites for hydroxylation is 2. The van der Waals surface area contributed by atoms with Gasteiger partial charge in [0.05, 0.1) is 6.21 Å². The van der Waals surface area contributed by atoms with Crippen molar-refractivity contribution in [3.8, 4) is 11.5 Å². The first-order valence-electron chi connectivity index (χ1n) is 7.19. The van der Waals surface area contributed by atoms with Gasteiger partial charge >= 0.3 is 6.03 Å². The summed E-state index contributed by atoms with van der Waals surface area (Å²) < 4.78 is 10.6. The minimum atomic E-state index is -0.394. The van der Waals surface area contributed by atoms with E-state index in [1.54, 1.807) is 6.21 Å². The van der Waals surface area contributed by atoms with E-state index in [4.69, 9.17) is 9.47 Å². The number of amides is 2. The molecule has 0 spiro atoms. The molecule has 0 aliphatic carbocycles. The summed E-state index contributed by atoms with van der Waals surface area (Å²) in [5, 5.41) is 6.71. The molecule has 2 amide bonds. The van der Waals surface area contributed by atoms with Crippen LogP contribution in [0, 0.1) is 13.8 Å². The van der Waals surface area contributed by atoms with Crippen molar-refractivity contribution in [1.29, 1.82) is 0 Å². The zero-order valence-corrected chi connectivity index (χ0v) is 12.9. The Bertz CT molecular complexity index is 772. The zero-order valence-electron chi connectivity index (χ0n) is 12.9. The van der Waals surface area contributed by atoms with Crippen molar-refractivity contribution in [2.75, 3.05) is 12.1 Å². The molecule has 1 heterocycles. The Hall–Kier alpha value is -3.02. The molecule has 1 aliphatic rings. The number of rotatable bonds is 3. The molecule has 2 N–H and O–H groups in total. The lowest BCUT2D eigenvalue weighted by Gasteiger charge is -2.07. The Balaban J connectivity index is 1.63.